The van der Waals surface area contributed by atoms with Crippen molar-refractivity contribution in [2.45, 2.75) is 25.6 Å². The highest BCUT2D eigenvalue weighted by Crippen LogP contribution is 2.19. The van der Waals surface area contributed by atoms with Gasteiger partial charge in [0.25, 0.3) is 0 Å². The highest BCUT2D eigenvalue weighted by atomic mass is 32.2. The smallest absolute Gasteiger partial charge is 0.103 e. The fraction of sp³-hybridized carbons (Fsp3) is 0.667. The number of thioether (sulfide) groups is 1. The van der Waals surface area contributed by atoms with E-state index >= 15 is 0 Å². The molecule has 1 N–H and O–H groups in total. The molecule has 0 aromatic carbocycles. The maximum atomic E-state index is 4.55. The Hall–Kier alpha value is -0.0600. The van der Waals surface area contributed by atoms with E-state index in [1.165, 1.54) is 10.7 Å². The molecule has 1 heterocycles. The molecular weight excluding hydrogens is 200 g/mol. The second kappa shape index (κ2) is 5.62. The normalized spacial score (nSPS) is 13.2. The Morgan fingerprint density at radius 1 is 1.69 bits per heavy atom. The van der Waals surface area contributed by atoms with E-state index in [2.05, 4.69) is 35.8 Å². The molecule has 4 heteroatoms. The van der Waals surface area contributed by atoms with Gasteiger partial charge in [0.05, 0.1) is 5.69 Å². The molecule has 2 nitrogen and oxygen atoms in total. The van der Waals surface area contributed by atoms with Crippen LogP contribution < -0.4 is 5.32 Å². The van der Waals surface area contributed by atoms with E-state index in [-0.39, 0.29) is 0 Å². The van der Waals surface area contributed by atoms with Crippen LogP contribution in [0.25, 0.3) is 0 Å². The van der Waals surface area contributed by atoms with Crippen molar-refractivity contribution in [3.63, 3.8) is 0 Å². The summed E-state index contributed by atoms with van der Waals surface area (Å²) in [5, 5.41) is 6.74. The third-order valence-corrected chi connectivity index (χ3v) is 3.40. The van der Waals surface area contributed by atoms with E-state index < -0.39 is 0 Å². The topological polar surface area (TPSA) is 24.9 Å². The van der Waals surface area contributed by atoms with Crippen LogP contribution in [0.15, 0.2) is 5.38 Å². The van der Waals surface area contributed by atoms with Crippen LogP contribution in [0.1, 0.15) is 30.6 Å². The van der Waals surface area contributed by atoms with Gasteiger partial charge in [0.1, 0.15) is 5.01 Å². The molecule has 0 spiro atoms. The fourth-order valence-corrected chi connectivity index (χ4v) is 2.73. The van der Waals surface area contributed by atoms with Crippen molar-refractivity contribution in [2.75, 3.05) is 12.8 Å². The van der Waals surface area contributed by atoms with Crippen LogP contribution in [0.4, 0.5) is 0 Å². The van der Waals surface area contributed by atoms with Crippen molar-refractivity contribution in [3.8, 4) is 0 Å². The molecule has 0 radical (unpaired) electrons. The van der Waals surface area contributed by atoms with Gasteiger partial charge in [-0.2, -0.15) is 11.8 Å². The molecule has 0 bridgehead atoms. The van der Waals surface area contributed by atoms with E-state index in [4.69, 9.17) is 0 Å². The van der Waals surface area contributed by atoms with Gasteiger partial charge in [-0.05, 0) is 19.7 Å². The number of aromatic nitrogens is 1. The molecule has 0 aliphatic rings. The summed E-state index contributed by atoms with van der Waals surface area (Å²) in [6, 6.07) is 0.386. The van der Waals surface area contributed by atoms with Crippen molar-refractivity contribution < 1.29 is 0 Å². The van der Waals surface area contributed by atoms with Crippen LogP contribution >= 0.6 is 23.1 Å². The zero-order chi connectivity index (χ0) is 9.68. The minimum absolute atomic E-state index is 0.386. The molecule has 74 valence electrons. The maximum Gasteiger partial charge on any atom is 0.103 e. The lowest BCUT2D eigenvalue weighted by atomic mass is 10.2. The van der Waals surface area contributed by atoms with Gasteiger partial charge in [-0.3, -0.25) is 0 Å². The minimum Gasteiger partial charge on any atom is -0.309 e. The van der Waals surface area contributed by atoms with Crippen LogP contribution in [0.5, 0.6) is 0 Å². The monoisotopic (exact) mass is 216 g/mol. The summed E-state index contributed by atoms with van der Waals surface area (Å²) in [4.78, 5) is 4.55. The molecule has 0 saturated heterocycles. The largest absolute Gasteiger partial charge is 0.309 e. The Kier molecular flexibility index (Phi) is 4.77. The first kappa shape index (κ1) is 11.0. The van der Waals surface area contributed by atoms with Gasteiger partial charge >= 0.3 is 0 Å². The first-order valence-corrected chi connectivity index (χ1v) is 6.72. The molecule has 0 saturated carbocycles. The molecule has 0 fully saturated rings. The van der Waals surface area contributed by atoms with Crippen LogP contribution in [0.3, 0.4) is 0 Å². The standard InChI is InChI=1S/C9H16N2S2/c1-4-10-7(2)8-5-13-9(11-8)6-12-3/h5,7,10H,4,6H2,1-3H3. The predicted octanol–water partition coefficient (Wildman–Crippen LogP) is 2.68. The summed E-state index contributed by atoms with van der Waals surface area (Å²) in [7, 11) is 0. The molecule has 1 rings (SSSR count). The number of hydrogen-bond donors (Lipinski definition) is 1. The van der Waals surface area contributed by atoms with Crippen LogP contribution in [0, 0.1) is 0 Å². The Labute approximate surface area is 88.2 Å². The van der Waals surface area contributed by atoms with E-state index in [1.54, 1.807) is 11.3 Å². The number of nitrogens with one attached hydrogen (secondary N) is 1. The first-order chi connectivity index (χ1) is 6.27. The first-order valence-electron chi connectivity index (χ1n) is 4.44. The van der Waals surface area contributed by atoms with Crippen molar-refractivity contribution in [2.24, 2.45) is 0 Å². The van der Waals surface area contributed by atoms with Crippen molar-refractivity contribution in [1.82, 2.24) is 10.3 Å². The van der Waals surface area contributed by atoms with Gasteiger partial charge in [0.2, 0.25) is 0 Å². The SMILES string of the molecule is CCNC(C)c1csc(CSC)n1. The van der Waals surface area contributed by atoms with Gasteiger partial charge in [-0.25, -0.2) is 4.98 Å². The van der Waals surface area contributed by atoms with E-state index in [9.17, 15) is 0 Å². The predicted molar refractivity (Wildman–Crippen MR) is 61.4 cm³/mol. The van der Waals surface area contributed by atoms with Crippen LogP contribution in [-0.4, -0.2) is 17.8 Å². The molecule has 1 atom stereocenters. The van der Waals surface area contributed by atoms with Gasteiger partial charge < -0.3 is 5.32 Å². The molecule has 13 heavy (non-hydrogen) atoms. The Morgan fingerprint density at radius 3 is 3.08 bits per heavy atom. The molecule has 1 unspecified atom stereocenters. The Balaban J connectivity index is 2.56. The van der Waals surface area contributed by atoms with Gasteiger partial charge in [-0.1, -0.05) is 6.92 Å². The third-order valence-electron chi connectivity index (χ3n) is 1.79. The van der Waals surface area contributed by atoms with Crippen molar-refractivity contribution >= 4 is 23.1 Å². The molecule has 0 amide bonds. The maximum absolute atomic E-state index is 4.55. The van der Waals surface area contributed by atoms with E-state index in [0.717, 1.165) is 12.3 Å². The number of thiazole rings is 1. The highest BCUT2D eigenvalue weighted by molar-refractivity contribution is 7.97. The van der Waals surface area contributed by atoms with E-state index in [0.29, 0.717) is 6.04 Å². The lowest BCUT2D eigenvalue weighted by molar-refractivity contribution is 0.585. The quantitative estimate of drug-likeness (QED) is 0.819. The number of rotatable bonds is 5. The van der Waals surface area contributed by atoms with Gasteiger partial charge in [0.15, 0.2) is 0 Å². The van der Waals surface area contributed by atoms with Crippen molar-refractivity contribution in [1.29, 1.82) is 0 Å². The van der Waals surface area contributed by atoms with Gasteiger partial charge in [-0.15, -0.1) is 11.3 Å². The van der Waals surface area contributed by atoms with Gasteiger partial charge in [0, 0.05) is 17.2 Å². The molecular formula is C9H16N2S2. The molecule has 0 aliphatic carbocycles. The Bertz CT molecular complexity index is 248. The average molecular weight is 216 g/mol. The average Bonchev–Trinajstić information content (AvgIpc) is 2.54. The Morgan fingerprint density at radius 2 is 2.46 bits per heavy atom. The lowest BCUT2D eigenvalue weighted by Gasteiger charge is -2.07. The summed E-state index contributed by atoms with van der Waals surface area (Å²) < 4.78 is 0. The molecule has 1 aromatic heterocycles. The summed E-state index contributed by atoms with van der Waals surface area (Å²) >= 11 is 3.58. The van der Waals surface area contributed by atoms with E-state index in [1.807, 2.05) is 11.8 Å². The van der Waals surface area contributed by atoms with Crippen LogP contribution in [-0.2, 0) is 5.75 Å². The van der Waals surface area contributed by atoms with Crippen LogP contribution in [0.2, 0.25) is 0 Å². The third kappa shape index (κ3) is 3.29. The summed E-state index contributed by atoms with van der Waals surface area (Å²) in [5.41, 5.74) is 1.18. The zero-order valence-corrected chi connectivity index (χ0v) is 9.97. The molecule has 1 aromatic rings. The molecule has 0 aliphatic heterocycles. The summed E-state index contributed by atoms with van der Waals surface area (Å²) in [5.74, 6) is 1.03. The number of nitrogens with zero attached hydrogens (tertiary/aromatic N) is 1. The fourth-order valence-electron chi connectivity index (χ4n) is 1.12. The second-order valence-corrected chi connectivity index (χ2v) is 4.69. The lowest BCUT2D eigenvalue weighted by Crippen LogP contribution is -2.17. The zero-order valence-electron chi connectivity index (χ0n) is 8.33. The highest BCUT2D eigenvalue weighted by Gasteiger charge is 2.07. The summed E-state index contributed by atoms with van der Waals surface area (Å²) in [6.07, 6.45) is 2.11. The number of hydrogen-bond acceptors (Lipinski definition) is 4. The second-order valence-electron chi connectivity index (χ2n) is 2.88. The van der Waals surface area contributed by atoms with Crippen molar-refractivity contribution in [3.05, 3.63) is 16.1 Å². The summed E-state index contributed by atoms with van der Waals surface area (Å²) in [6.45, 7) is 5.27. The minimum atomic E-state index is 0.386.